The van der Waals surface area contributed by atoms with Crippen molar-refractivity contribution in [2.24, 2.45) is 0 Å². The molecule has 0 aromatic heterocycles. The molecule has 0 unspecified atom stereocenters. The molecule has 9 rings (SSSR count). The summed E-state index contributed by atoms with van der Waals surface area (Å²) in [5.74, 6) is 95.6. The fourth-order valence-corrected chi connectivity index (χ4v) is 8.10. The van der Waals surface area contributed by atoms with Gasteiger partial charge in [-0.15, -0.1) is 0 Å². The van der Waals surface area contributed by atoms with Crippen molar-refractivity contribution in [1.29, 1.82) is 0 Å². The van der Waals surface area contributed by atoms with E-state index in [4.69, 9.17) is 0 Å². The van der Waals surface area contributed by atoms with Gasteiger partial charge in [0.25, 0.3) is 0 Å². The van der Waals surface area contributed by atoms with Crippen LogP contribution in [-0.2, 0) is 0 Å². The highest BCUT2D eigenvalue weighted by atomic mass is 14.2. The maximum Gasteiger partial charge on any atom is 0 e. The molecule has 0 radical (unpaired) electrons. The highest BCUT2D eigenvalue weighted by Crippen LogP contribution is 2.41. The van der Waals surface area contributed by atoms with Crippen LogP contribution in [0.25, 0.3) is 86.9 Å². The standard InChI is InChI=1S/C40H24.C40H6.9H2/c1-2-10-34-32(8-1)33-9-3-4-11-35(33)38-24-30(20-22-36(34)38)25-12-14-26(15-13-25)31-21-18-29-17-16-27-6-5-7-28-19-23-37(31)40(29)39(27)28;1-3-5-7-9-11-13-15-17-19-21-23-25-27-29-31-33-35-37-39-40-38-36-34-32-30-28-26-24-22-20-18-16-14-12-10-8-6-4-2;;;;;;;;;/h1-24H;1-2H3;9*1H. The monoisotopic (exact) mass is 1010 g/mol. The molecule has 0 heterocycles. The van der Waals surface area contributed by atoms with E-state index in [0.29, 0.717) is 0 Å². The summed E-state index contributed by atoms with van der Waals surface area (Å²) in [5, 5.41) is 15.8. The Hall–Kier alpha value is -13.6. The van der Waals surface area contributed by atoms with Gasteiger partial charge in [0.15, 0.2) is 0 Å². The number of hydrogen-bond acceptors (Lipinski definition) is 0. The minimum atomic E-state index is 0. The summed E-state index contributed by atoms with van der Waals surface area (Å²) in [5.41, 5.74) is 5.02. The van der Waals surface area contributed by atoms with Crippen molar-refractivity contribution < 1.29 is 12.8 Å². The van der Waals surface area contributed by atoms with Crippen molar-refractivity contribution in [2.75, 3.05) is 0 Å². The summed E-state index contributed by atoms with van der Waals surface area (Å²) in [6, 6.07) is 53.8. The average molecular weight is 1010 g/mol. The van der Waals surface area contributed by atoms with Crippen LogP contribution < -0.4 is 0 Å². The second-order valence-electron chi connectivity index (χ2n) is 15.9. The Morgan fingerprint density at radius 3 is 0.850 bits per heavy atom. The Morgan fingerprint density at radius 2 is 0.475 bits per heavy atom. The van der Waals surface area contributed by atoms with Crippen LogP contribution in [0, 0.1) is 225 Å². The van der Waals surface area contributed by atoms with Crippen molar-refractivity contribution in [2.45, 2.75) is 13.8 Å². The van der Waals surface area contributed by atoms with E-state index in [2.05, 4.69) is 371 Å². The van der Waals surface area contributed by atoms with Gasteiger partial charge in [-0.1, -0.05) is 151 Å². The highest BCUT2D eigenvalue weighted by molar-refractivity contribution is 6.27. The largest absolute Gasteiger partial charge is 0.0925 e. The molecule has 0 saturated carbocycles. The highest BCUT2D eigenvalue weighted by Gasteiger charge is 2.13. The van der Waals surface area contributed by atoms with E-state index in [1.807, 2.05) is 0 Å². The lowest BCUT2D eigenvalue weighted by Crippen LogP contribution is -1.88. The summed E-state index contributed by atoms with van der Waals surface area (Å²) in [4.78, 5) is 0. The first-order valence-electron chi connectivity index (χ1n) is 24.2. The van der Waals surface area contributed by atoms with Crippen LogP contribution >= 0.6 is 0 Å². The lowest BCUT2D eigenvalue weighted by atomic mass is 9.89. The first-order chi connectivity index (χ1) is 39.7. The van der Waals surface area contributed by atoms with Crippen LogP contribution in [0.1, 0.15) is 26.7 Å². The molecule has 368 valence electrons. The second-order valence-corrected chi connectivity index (χ2v) is 15.9. The van der Waals surface area contributed by atoms with Crippen LogP contribution in [0.3, 0.4) is 0 Å². The topological polar surface area (TPSA) is 0 Å². The molecule has 0 aliphatic heterocycles. The Labute approximate surface area is 482 Å². The van der Waals surface area contributed by atoms with Crippen molar-refractivity contribution >= 4 is 64.6 Å². The number of rotatable bonds is 2. The van der Waals surface area contributed by atoms with Crippen LogP contribution in [-0.4, -0.2) is 0 Å². The molecule has 0 bridgehead atoms. The zero-order chi connectivity index (χ0) is 55.1. The second kappa shape index (κ2) is 29.2. The normalized spacial score (nSPS) is 7.97. The van der Waals surface area contributed by atoms with Crippen LogP contribution in [0.2, 0.25) is 0 Å². The third-order valence-electron chi connectivity index (χ3n) is 11.2. The quantitative estimate of drug-likeness (QED) is 0.120. The third kappa shape index (κ3) is 14.6. The van der Waals surface area contributed by atoms with Gasteiger partial charge in [0.1, 0.15) is 0 Å². The van der Waals surface area contributed by atoms with Gasteiger partial charge < -0.3 is 0 Å². The van der Waals surface area contributed by atoms with Crippen molar-refractivity contribution in [3.8, 4) is 247 Å². The average Bonchev–Trinajstić information content (AvgIpc) is 0.807. The van der Waals surface area contributed by atoms with E-state index >= 15 is 0 Å². The van der Waals surface area contributed by atoms with Gasteiger partial charge in [-0.2, -0.15) is 0 Å². The Morgan fingerprint density at radius 1 is 0.200 bits per heavy atom. The van der Waals surface area contributed by atoms with Gasteiger partial charge in [-0.3, -0.25) is 0 Å². The molecule has 0 aliphatic rings. The minimum Gasteiger partial charge on any atom is -0.0925 e. The first-order valence-corrected chi connectivity index (χ1v) is 24.2. The zero-order valence-electron chi connectivity index (χ0n) is 42.9. The molecular formula is C80H48. The molecule has 9 aromatic rings. The van der Waals surface area contributed by atoms with Gasteiger partial charge in [0.05, 0.1) is 0 Å². The predicted octanol–water partition coefficient (Wildman–Crippen LogP) is 14.7. The van der Waals surface area contributed by atoms with Gasteiger partial charge in [-0.05, 0) is 202 Å². The summed E-state index contributed by atoms with van der Waals surface area (Å²) in [6.45, 7) is 3.38. The van der Waals surface area contributed by atoms with E-state index in [-0.39, 0.29) is 12.8 Å². The third-order valence-corrected chi connectivity index (χ3v) is 11.2. The first kappa shape index (κ1) is 52.8. The van der Waals surface area contributed by atoms with Crippen molar-refractivity contribution in [3.05, 3.63) is 146 Å². The zero-order valence-corrected chi connectivity index (χ0v) is 42.9. The lowest BCUT2D eigenvalue weighted by molar-refractivity contribution is 1.63. The molecule has 0 N–H and O–H groups in total. The maximum absolute atomic E-state index is 2.63. The summed E-state index contributed by atoms with van der Waals surface area (Å²) < 4.78 is 0. The Balaban J connectivity index is 0. The molecule has 0 nitrogen and oxygen atoms in total. The van der Waals surface area contributed by atoms with E-state index in [1.165, 1.54) is 86.9 Å². The van der Waals surface area contributed by atoms with Gasteiger partial charge >= 0.3 is 0 Å². The minimum absolute atomic E-state index is 0. The van der Waals surface area contributed by atoms with Crippen molar-refractivity contribution in [1.82, 2.24) is 0 Å². The molecule has 0 atom stereocenters. The number of benzene rings is 9. The Kier molecular flexibility index (Phi) is 19.3. The summed E-state index contributed by atoms with van der Waals surface area (Å²) >= 11 is 0. The Bertz CT molecular complexity index is 5190. The van der Waals surface area contributed by atoms with Gasteiger partial charge in [0, 0.05) is 131 Å². The number of hydrogen-bond donors (Lipinski definition) is 0. The van der Waals surface area contributed by atoms with E-state index in [9.17, 15) is 0 Å². The molecular weight excluding hydrogens is 961 g/mol. The lowest BCUT2D eigenvalue weighted by Gasteiger charge is -2.15. The van der Waals surface area contributed by atoms with Crippen LogP contribution in [0.5, 0.6) is 0 Å². The van der Waals surface area contributed by atoms with Gasteiger partial charge in [-0.25, -0.2) is 0 Å². The van der Waals surface area contributed by atoms with E-state index in [0.717, 1.165) is 0 Å². The summed E-state index contributed by atoms with van der Waals surface area (Å²) in [6.07, 6.45) is 0. The molecule has 0 fully saturated rings. The summed E-state index contributed by atoms with van der Waals surface area (Å²) in [7, 11) is 0. The van der Waals surface area contributed by atoms with Gasteiger partial charge in [0.2, 0.25) is 0 Å². The molecule has 0 spiro atoms. The molecule has 0 aliphatic carbocycles. The van der Waals surface area contributed by atoms with Crippen LogP contribution in [0.15, 0.2) is 146 Å². The SMILES string of the molecule is CC#CC#CC#CC#CC#CC#CC#CC#CC#CC#CC#CC#CC#CC#CC#CC#CC#CC#CC#CC.[HH].[HH].[HH].[HH].[HH].[HH].[HH].[HH].[HH].c1cc2ccc3ccc(-c4ccc(-c5ccc6c7ccccc7c7ccccc7c6c5)cc4)c4ccc(c1)c2c34. The van der Waals surface area contributed by atoms with E-state index < -0.39 is 0 Å². The maximum atomic E-state index is 2.63. The fourth-order valence-electron chi connectivity index (χ4n) is 8.10. The fraction of sp³-hybridized carbons (Fsp3) is 0.0250. The smallest absolute Gasteiger partial charge is 0 e. The number of fused-ring (bicyclic) bond motifs is 6. The van der Waals surface area contributed by atoms with Crippen LogP contribution in [0.4, 0.5) is 0 Å². The molecule has 9 aromatic carbocycles. The van der Waals surface area contributed by atoms with Crippen molar-refractivity contribution in [3.63, 3.8) is 0 Å². The molecule has 0 amide bonds. The predicted molar refractivity (Wildman–Crippen MR) is 352 cm³/mol. The molecule has 0 saturated heterocycles. The molecule has 0 heteroatoms. The molecule has 80 heavy (non-hydrogen) atoms. The van der Waals surface area contributed by atoms with E-state index in [1.54, 1.807) is 13.8 Å².